The summed E-state index contributed by atoms with van der Waals surface area (Å²) in [7, 11) is 0. The maximum Gasteiger partial charge on any atom is 0.0958 e. The molecule has 2 heteroatoms. The van der Waals surface area contributed by atoms with Crippen LogP contribution in [0.1, 0.15) is 48.7 Å². The Labute approximate surface area is 103 Å². The van der Waals surface area contributed by atoms with Crippen molar-refractivity contribution in [2.75, 3.05) is 0 Å². The summed E-state index contributed by atoms with van der Waals surface area (Å²) in [6, 6.07) is 0. The third-order valence-electron chi connectivity index (χ3n) is 3.80. The van der Waals surface area contributed by atoms with Gasteiger partial charge in [0.1, 0.15) is 0 Å². The van der Waals surface area contributed by atoms with E-state index in [4.69, 9.17) is 0 Å². The van der Waals surface area contributed by atoms with Crippen molar-refractivity contribution < 1.29 is 0 Å². The molecule has 1 aromatic heterocycles. The highest BCUT2D eigenvalue weighted by Gasteiger charge is 2.24. The lowest BCUT2D eigenvalue weighted by Gasteiger charge is -2.25. The number of nitrogens with one attached hydrogen (secondary N) is 1. The molecule has 0 unspecified atom stereocenters. The minimum atomic E-state index is 0.148. The molecule has 2 rings (SSSR count). The summed E-state index contributed by atoms with van der Waals surface area (Å²) >= 11 is 0. The van der Waals surface area contributed by atoms with Crippen LogP contribution in [0.5, 0.6) is 0 Å². The molecule has 1 heterocycles. The second kappa shape index (κ2) is 3.59. The summed E-state index contributed by atoms with van der Waals surface area (Å²) < 4.78 is 0. The summed E-state index contributed by atoms with van der Waals surface area (Å²) in [6.45, 7) is 15.5. The molecule has 92 valence electrons. The molecule has 0 aliphatic heterocycles. The largest absolute Gasteiger partial charge is 0.282 e. The van der Waals surface area contributed by atoms with E-state index in [1.165, 1.54) is 33.3 Å². The number of benzene rings is 1. The Morgan fingerprint density at radius 2 is 1.47 bits per heavy atom. The molecule has 0 spiro atoms. The molecule has 0 atom stereocenters. The number of hydrogen-bond donors (Lipinski definition) is 1. The standard InChI is InChI=1S/C15H22N2/c1-8-9(2)13(15(5,6)7)12-11(4)16-17-14(12)10(8)3/h1-7H3,(H,16,17). The molecule has 0 aliphatic carbocycles. The average Bonchev–Trinajstić information content (AvgIpc) is 2.56. The van der Waals surface area contributed by atoms with Crippen LogP contribution < -0.4 is 0 Å². The van der Waals surface area contributed by atoms with Crippen molar-refractivity contribution in [3.8, 4) is 0 Å². The number of fused-ring (bicyclic) bond motifs is 1. The van der Waals surface area contributed by atoms with Crippen molar-refractivity contribution in [3.05, 3.63) is 27.9 Å². The summed E-state index contributed by atoms with van der Waals surface area (Å²) in [6.07, 6.45) is 0. The SMILES string of the molecule is Cc1c(C)c(C(C)(C)C)c2c(C)[nH]nc2c1C. The van der Waals surface area contributed by atoms with Gasteiger partial charge in [0, 0.05) is 11.1 Å². The topological polar surface area (TPSA) is 28.7 Å². The number of H-pyrrole nitrogens is 1. The molecular weight excluding hydrogens is 208 g/mol. The zero-order valence-corrected chi connectivity index (χ0v) is 11.9. The Hall–Kier alpha value is -1.31. The summed E-state index contributed by atoms with van der Waals surface area (Å²) in [5.41, 5.74) is 7.97. The van der Waals surface area contributed by atoms with E-state index >= 15 is 0 Å². The van der Waals surface area contributed by atoms with Crippen LogP contribution in [-0.4, -0.2) is 10.2 Å². The van der Waals surface area contributed by atoms with Gasteiger partial charge >= 0.3 is 0 Å². The van der Waals surface area contributed by atoms with Crippen molar-refractivity contribution in [3.63, 3.8) is 0 Å². The summed E-state index contributed by atoms with van der Waals surface area (Å²) in [5.74, 6) is 0. The molecular formula is C15H22N2. The predicted octanol–water partition coefficient (Wildman–Crippen LogP) is 4.09. The molecule has 1 aromatic carbocycles. The molecule has 0 aliphatic rings. The van der Waals surface area contributed by atoms with Crippen LogP contribution in [0.2, 0.25) is 0 Å². The van der Waals surface area contributed by atoms with Crippen LogP contribution in [0.3, 0.4) is 0 Å². The van der Waals surface area contributed by atoms with Crippen molar-refractivity contribution in [2.24, 2.45) is 0 Å². The van der Waals surface area contributed by atoms with Crippen LogP contribution >= 0.6 is 0 Å². The Bertz CT molecular complexity index is 583. The number of aromatic amines is 1. The van der Waals surface area contributed by atoms with Crippen molar-refractivity contribution in [2.45, 2.75) is 53.9 Å². The second-order valence-corrected chi connectivity index (χ2v) is 6.07. The van der Waals surface area contributed by atoms with E-state index < -0.39 is 0 Å². The first-order chi connectivity index (χ1) is 7.75. The lowest BCUT2D eigenvalue weighted by molar-refractivity contribution is 0.591. The Morgan fingerprint density at radius 1 is 0.882 bits per heavy atom. The van der Waals surface area contributed by atoms with E-state index in [0.29, 0.717) is 0 Å². The fourth-order valence-corrected chi connectivity index (χ4v) is 2.78. The van der Waals surface area contributed by atoms with Gasteiger partial charge in [-0.1, -0.05) is 20.8 Å². The number of aromatic nitrogens is 2. The van der Waals surface area contributed by atoms with Crippen LogP contribution in [0.25, 0.3) is 10.9 Å². The second-order valence-electron chi connectivity index (χ2n) is 6.07. The minimum absolute atomic E-state index is 0.148. The van der Waals surface area contributed by atoms with E-state index in [1.54, 1.807) is 0 Å². The third kappa shape index (κ3) is 1.67. The lowest BCUT2D eigenvalue weighted by atomic mass is 9.79. The van der Waals surface area contributed by atoms with Gasteiger partial charge < -0.3 is 0 Å². The zero-order valence-electron chi connectivity index (χ0n) is 11.9. The van der Waals surface area contributed by atoms with E-state index in [-0.39, 0.29) is 5.41 Å². The first kappa shape index (κ1) is 12.2. The minimum Gasteiger partial charge on any atom is -0.282 e. The average molecular weight is 230 g/mol. The number of aryl methyl sites for hydroxylation is 2. The van der Waals surface area contributed by atoms with Crippen LogP contribution in [0.4, 0.5) is 0 Å². The van der Waals surface area contributed by atoms with Gasteiger partial charge in [-0.25, -0.2) is 0 Å². The Morgan fingerprint density at radius 3 is 2.00 bits per heavy atom. The van der Waals surface area contributed by atoms with Gasteiger partial charge in [-0.15, -0.1) is 0 Å². The van der Waals surface area contributed by atoms with Crippen LogP contribution in [-0.2, 0) is 5.41 Å². The van der Waals surface area contributed by atoms with Gasteiger partial charge in [0.05, 0.1) is 5.52 Å². The molecule has 0 bridgehead atoms. The van der Waals surface area contributed by atoms with Crippen LogP contribution in [0, 0.1) is 27.7 Å². The molecule has 0 radical (unpaired) electrons. The van der Waals surface area contributed by atoms with Crippen LogP contribution in [0.15, 0.2) is 0 Å². The van der Waals surface area contributed by atoms with Crippen molar-refractivity contribution >= 4 is 10.9 Å². The number of rotatable bonds is 0. The third-order valence-corrected chi connectivity index (χ3v) is 3.80. The highest BCUT2D eigenvalue weighted by molar-refractivity contribution is 5.90. The molecule has 2 aromatic rings. The Balaban J connectivity index is 3.04. The van der Waals surface area contributed by atoms with Gasteiger partial charge in [-0.05, 0) is 55.4 Å². The summed E-state index contributed by atoms with van der Waals surface area (Å²) in [4.78, 5) is 0. The zero-order chi connectivity index (χ0) is 13.0. The van der Waals surface area contributed by atoms with E-state index in [2.05, 4.69) is 58.7 Å². The highest BCUT2D eigenvalue weighted by atomic mass is 15.1. The van der Waals surface area contributed by atoms with Crippen molar-refractivity contribution in [1.29, 1.82) is 0 Å². The molecule has 17 heavy (non-hydrogen) atoms. The van der Waals surface area contributed by atoms with Gasteiger partial charge in [-0.3, -0.25) is 5.10 Å². The molecule has 0 fully saturated rings. The first-order valence-electron chi connectivity index (χ1n) is 6.20. The van der Waals surface area contributed by atoms with E-state index in [9.17, 15) is 0 Å². The molecule has 0 saturated carbocycles. The maximum atomic E-state index is 4.47. The van der Waals surface area contributed by atoms with Gasteiger partial charge in [0.2, 0.25) is 0 Å². The first-order valence-corrected chi connectivity index (χ1v) is 6.20. The molecule has 2 nitrogen and oxygen atoms in total. The van der Waals surface area contributed by atoms with E-state index in [1.807, 2.05) is 0 Å². The number of nitrogens with zero attached hydrogens (tertiary/aromatic N) is 1. The lowest BCUT2D eigenvalue weighted by Crippen LogP contribution is -2.15. The monoisotopic (exact) mass is 230 g/mol. The van der Waals surface area contributed by atoms with Gasteiger partial charge in [-0.2, -0.15) is 5.10 Å². The van der Waals surface area contributed by atoms with Crippen molar-refractivity contribution in [1.82, 2.24) is 10.2 Å². The van der Waals surface area contributed by atoms with Gasteiger partial charge in [0.15, 0.2) is 0 Å². The Kier molecular flexibility index (Phi) is 2.57. The van der Waals surface area contributed by atoms with Gasteiger partial charge in [0.25, 0.3) is 0 Å². The highest BCUT2D eigenvalue weighted by Crippen LogP contribution is 2.37. The smallest absolute Gasteiger partial charge is 0.0958 e. The normalized spacial score (nSPS) is 12.4. The summed E-state index contributed by atoms with van der Waals surface area (Å²) in [5, 5.41) is 8.92. The fraction of sp³-hybridized carbons (Fsp3) is 0.533. The maximum absolute atomic E-state index is 4.47. The predicted molar refractivity (Wildman–Crippen MR) is 73.7 cm³/mol. The molecule has 0 amide bonds. The van der Waals surface area contributed by atoms with E-state index in [0.717, 1.165) is 5.52 Å². The quantitative estimate of drug-likeness (QED) is 0.725. The molecule has 1 N–H and O–H groups in total. The molecule has 0 saturated heterocycles. The fourth-order valence-electron chi connectivity index (χ4n) is 2.78. The number of hydrogen-bond acceptors (Lipinski definition) is 1.